The first-order valence-corrected chi connectivity index (χ1v) is 17.2. The molecule has 0 radical (unpaired) electrons. The molecule has 0 aliphatic heterocycles. The summed E-state index contributed by atoms with van der Waals surface area (Å²) in [7, 11) is 1.70. The van der Waals surface area contributed by atoms with Crippen LogP contribution in [-0.2, 0) is 23.8 Å². The highest BCUT2D eigenvalue weighted by atomic mass is 32.2. The number of rotatable bonds is 14. The van der Waals surface area contributed by atoms with Gasteiger partial charge in [0.25, 0.3) is 0 Å². The van der Waals surface area contributed by atoms with Crippen LogP contribution in [0.15, 0.2) is 54.6 Å². The SMILES string of the molecule is CCCC(C)(NC)C(=O)OCC(O)COC(=O)c1c2ccccc2cc2ccccc12.CSC(C)(CC(C)(C)C)C(=O)OCC(C)O. The molecule has 4 atom stereocenters. The number of carbonyl (C=O) groups excluding carboxylic acids is 3. The highest BCUT2D eigenvalue weighted by Crippen LogP contribution is 2.37. The Hall–Kier alpha value is -3.18. The number of aliphatic hydroxyl groups excluding tert-OH is 2. The third-order valence-corrected chi connectivity index (χ3v) is 8.96. The summed E-state index contributed by atoms with van der Waals surface area (Å²) >= 11 is 1.50. The standard InChI is InChI=1S/C25H29NO5.C12H24O3S/c1-4-13-25(2,26-3)24(29)31-16-19(27)15-30-23(28)22-20-11-7-5-9-17(20)14-18-10-6-8-12-21(18)22;1-9(13)7-15-10(14)12(5,16-6)8-11(2,3)4/h5-12,14,19,26-27H,4,13,15-16H2,1-3H3;9,13H,7-8H2,1-6H3. The molecular weight excluding hydrogens is 618 g/mol. The van der Waals surface area contributed by atoms with Gasteiger partial charge in [0.1, 0.15) is 36.2 Å². The molecule has 0 heterocycles. The molecule has 4 unspecified atom stereocenters. The Morgan fingerprint density at radius 1 is 0.830 bits per heavy atom. The lowest BCUT2D eigenvalue weighted by molar-refractivity contribution is -0.155. The van der Waals surface area contributed by atoms with Crippen molar-refractivity contribution in [2.24, 2.45) is 5.41 Å². The molecular formula is C37H53NO8S. The summed E-state index contributed by atoms with van der Waals surface area (Å²) in [4.78, 5) is 37.2. The van der Waals surface area contributed by atoms with Gasteiger partial charge in [0.15, 0.2) is 0 Å². The topological polar surface area (TPSA) is 131 Å². The highest BCUT2D eigenvalue weighted by molar-refractivity contribution is 8.00. The van der Waals surface area contributed by atoms with Gasteiger partial charge >= 0.3 is 17.9 Å². The summed E-state index contributed by atoms with van der Waals surface area (Å²) in [5, 5.41) is 25.7. The zero-order valence-corrected chi connectivity index (χ0v) is 30.2. The quantitative estimate of drug-likeness (QED) is 0.102. The van der Waals surface area contributed by atoms with Crippen molar-refractivity contribution in [3.63, 3.8) is 0 Å². The number of aliphatic hydroxyl groups is 2. The molecule has 47 heavy (non-hydrogen) atoms. The fourth-order valence-corrected chi connectivity index (χ4v) is 6.08. The number of nitrogens with one attached hydrogen (secondary N) is 1. The summed E-state index contributed by atoms with van der Waals surface area (Å²) in [6.45, 7) is 13.1. The second-order valence-electron chi connectivity index (χ2n) is 13.5. The Morgan fingerprint density at radius 3 is 1.81 bits per heavy atom. The number of hydrogen-bond donors (Lipinski definition) is 3. The molecule has 0 amide bonds. The Bertz CT molecular complexity index is 1430. The second kappa shape index (κ2) is 17.8. The van der Waals surface area contributed by atoms with Gasteiger partial charge in [0, 0.05) is 0 Å². The van der Waals surface area contributed by atoms with Crippen LogP contribution in [0, 0.1) is 5.41 Å². The minimum atomic E-state index is -1.11. The number of fused-ring (bicyclic) bond motifs is 2. The number of hydrogen-bond acceptors (Lipinski definition) is 10. The molecule has 0 aromatic heterocycles. The third kappa shape index (κ3) is 11.8. The van der Waals surface area contributed by atoms with E-state index in [9.17, 15) is 19.5 Å². The van der Waals surface area contributed by atoms with Gasteiger partial charge in [-0.05, 0) is 79.9 Å². The van der Waals surface area contributed by atoms with Crippen molar-refractivity contribution in [3.8, 4) is 0 Å². The van der Waals surface area contributed by atoms with E-state index < -0.39 is 34.4 Å². The number of likely N-dealkylation sites (N-methyl/N-ethyl adjacent to an activating group) is 1. The summed E-state index contributed by atoms with van der Waals surface area (Å²) in [6.07, 6.45) is 2.36. The Kier molecular flexibility index (Phi) is 15.2. The van der Waals surface area contributed by atoms with E-state index in [2.05, 4.69) is 26.1 Å². The Balaban J connectivity index is 0.000000407. The van der Waals surface area contributed by atoms with Gasteiger partial charge in [0.05, 0.1) is 11.7 Å². The van der Waals surface area contributed by atoms with E-state index in [-0.39, 0.29) is 31.2 Å². The van der Waals surface area contributed by atoms with Gasteiger partial charge in [0.2, 0.25) is 0 Å². The van der Waals surface area contributed by atoms with Crippen LogP contribution in [0.1, 0.15) is 78.1 Å². The molecule has 0 fully saturated rings. The van der Waals surface area contributed by atoms with E-state index in [1.807, 2.05) is 74.7 Å². The maximum Gasteiger partial charge on any atom is 0.339 e. The van der Waals surface area contributed by atoms with Crippen LogP contribution < -0.4 is 5.32 Å². The van der Waals surface area contributed by atoms with E-state index in [0.29, 0.717) is 12.0 Å². The smallest absolute Gasteiger partial charge is 0.339 e. The predicted molar refractivity (Wildman–Crippen MR) is 190 cm³/mol. The van der Waals surface area contributed by atoms with Crippen LogP contribution in [0.25, 0.3) is 21.5 Å². The molecule has 0 spiro atoms. The number of ether oxygens (including phenoxy) is 3. The lowest BCUT2D eigenvalue weighted by Gasteiger charge is -2.32. The van der Waals surface area contributed by atoms with Gasteiger partial charge in [-0.3, -0.25) is 9.59 Å². The molecule has 0 saturated heterocycles. The third-order valence-electron chi connectivity index (χ3n) is 7.75. The molecule has 0 aliphatic rings. The zero-order chi connectivity index (χ0) is 35.4. The van der Waals surface area contributed by atoms with E-state index >= 15 is 0 Å². The van der Waals surface area contributed by atoms with Crippen molar-refractivity contribution in [3.05, 3.63) is 60.2 Å². The van der Waals surface area contributed by atoms with Crippen molar-refractivity contribution in [1.82, 2.24) is 5.32 Å². The monoisotopic (exact) mass is 671 g/mol. The summed E-state index contributed by atoms with van der Waals surface area (Å²) in [6, 6.07) is 17.3. The lowest BCUT2D eigenvalue weighted by atomic mass is 9.85. The van der Waals surface area contributed by atoms with Crippen LogP contribution in [0.2, 0.25) is 0 Å². The molecule has 9 nitrogen and oxygen atoms in total. The van der Waals surface area contributed by atoms with E-state index in [0.717, 1.165) is 34.4 Å². The Morgan fingerprint density at radius 2 is 1.34 bits per heavy atom. The van der Waals surface area contributed by atoms with Crippen molar-refractivity contribution in [2.75, 3.05) is 33.1 Å². The van der Waals surface area contributed by atoms with Gasteiger partial charge in [-0.1, -0.05) is 82.6 Å². The molecule has 3 aromatic rings. The van der Waals surface area contributed by atoms with E-state index in [4.69, 9.17) is 19.3 Å². The molecule has 3 rings (SSSR count). The number of esters is 3. The Labute approximate surface area is 283 Å². The van der Waals surface area contributed by atoms with E-state index in [1.54, 1.807) is 20.9 Å². The molecule has 0 bridgehead atoms. The molecule has 3 aromatic carbocycles. The normalized spacial score (nSPS) is 15.4. The van der Waals surface area contributed by atoms with Crippen molar-refractivity contribution < 1.29 is 38.8 Å². The zero-order valence-electron chi connectivity index (χ0n) is 29.3. The van der Waals surface area contributed by atoms with Gasteiger partial charge in [-0.2, -0.15) is 0 Å². The van der Waals surface area contributed by atoms with E-state index in [1.165, 1.54) is 11.8 Å². The van der Waals surface area contributed by atoms with Crippen LogP contribution >= 0.6 is 11.8 Å². The number of carbonyl (C=O) groups is 3. The number of thioether (sulfide) groups is 1. The first kappa shape index (κ1) is 40.0. The lowest BCUT2D eigenvalue weighted by Crippen LogP contribution is -2.49. The molecule has 3 N–H and O–H groups in total. The van der Waals surface area contributed by atoms with Crippen LogP contribution in [0.4, 0.5) is 0 Å². The highest BCUT2D eigenvalue weighted by Gasteiger charge is 2.38. The predicted octanol–water partition coefficient (Wildman–Crippen LogP) is 6.30. The second-order valence-corrected chi connectivity index (χ2v) is 14.8. The van der Waals surface area contributed by atoms with Gasteiger partial charge < -0.3 is 29.7 Å². The maximum absolute atomic E-state index is 13.0. The van der Waals surface area contributed by atoms with Crippen molar-refractivity contribution in [1.29, 1.82) is 0 Å². The van der Waals surface area contributed by atoms with Gasteiger partial charge in [-0.15, -0.1) is 11.8 Å². The molecule has 260 valence electrons. The van der Waals surface area contributed by atoms with Crippen molar-refractivity contribution >= 4 is 51.2 Å². The summed E-state index contributed by atoms with van der Waals surface area (Å²) in [5.41, 5.74) is -0.280. The average molecular weight is 672 g/mol. The van der Waals surface area contributed by atoms with Crippen LogP contribution in [-0.4, -0.2) is 83.7 Å². The van der Waals surface area contributed by atoms with Crippen LogP contribution in [0.5, 0.6) is 0 Å². The molecule has 0 aliphatic carbocycles. The maximum atomic E-state index is 13.0. The summed E-state index contributed by atoms with van der Waals surface area (Å²) < 4.78 is 15.2. The molecule has 0 saturated carbocycles. The molecule has 10 heteroatoms. The fraction of sp³-hybridized carbons (Fsp3) is 0.541. The number of benzene rings is 3. The largest absolute Gasteiger partial charge is 0.462 e. The fourth-order valence-electron chi connectivity index (χ4n) is 5.27. The first-order chi connectivity index (χ1) is 22.0. The average Bonchev–Trinajstić information content (AvgIpc) is 3.03. The van der Waals surface area contributed by atoms with Gasteiger partial charge in [-0.25, -0.2) is 4.79 Å². The van der Waals surface area contributed by atoms with Crippen molar-refractivity contribution in [2.45, 2.75) is 90.2 Å². The van der Waals surface area contributed by atoms with Crippen LogP contribution in [0.3, 0.4) is 0 Å². The minimum absolute atomic E-state index is 0.0686. The minimum Gasteiger partial charge on any atom is -0.462 e. The summed E-state index contributed by atoms with van der Waals surface area (Å²) in [5.74, 6) is -1.21. The first-order valence-electron chi connectivity index (χ1n) is 16.0.